The Labute approximate surface area is 256 Å². The first-order valence-corrected chi connectivity index (χ1v) is 18.0. The van der Waals surface area contributed by atoms with E-state index in [1.165, 1.54) is 32.3 Å². The molecular weight excluding hydrogens is 568 g/mol. The van der Waals surface area contributed by atoms with Crippen LogP contribution in [-0.4, -0.2) is 0 Å². The summed E-state index contributed by atoms with van der Waals surface area (Å²) in [6.45, 7) is 0. The standard InChI is InChI=1S/C38H34NP2.ClH/c1-7-19-33(20-8-1)31-40(35-23-11-3-12-24-35,36-25-13-4-14-26-36)39-41(37-27-15-5-16-28-37,38-29-17-6-18-30-38)32-34-21-9-2-10-22-34;/h1-30H,31-32H2;1H/q+1;/p-1. The van der Waals surface area contributed by atoms with E-state index in [-0.39, 0.29) is 12.4 Å². The van der Waals surface area contributed by atoms with E-state index in [1.807, 2.05) is 0 Å². The van der Waals surface area contributed by atoms with Gasteiger partial charge in [-0.3, -0.25) is 0 Å². The molecule has 0 unspecified atom stereocenters. The number of halogens is 1. The first-order valence-electron chi connectivity index (χ1n) is 14.1. The van der Waals surface area contributed by atoms with Crippen molar-refractivity contribution in [3.63, 3.8) is 0 Å². The molecule has 0 atom stereocenters. The maximum Gasteiger partial charge on any atom is 0.277 e. The van der Waals surface area contributed by atoms with Crippen molar-refractivity contribution < 1.29 is 12.4 Å². The van der Waals surface area contributed by atoms with Crippen molar-refractivity contribution in [3.8, 4) is 0 Å². The van der Waals surface area contributed by atoms with Crippen LogP contribution in [0.3, 0.4) is 0 Å². The van der Waals surface area contributed by atoms with Crippen molar-refractivity contribution in [2.75, 3.05) is 0 Å². The average molecular weight is 602 g/mol. The molecule has 6 aromatic rings. The van der Waals surface area contributed by atoms with Gasteiger partial charge in [0.05, 0.1) is 33.5 Å². The summed E-state index contributed by atoms with van der Waals surface area (Å²) < 4.78 is 6.43. The van der Waals surface area contributed by atoms with Crippen LogP contribution in [0.2, 0.25) is 0 Å². The Bertz CT molecular complexity index is 1580. The van der Waals surface area contributed by atoms with Crippen LogP contribution in [0.15, 0.2) is 182 Å². The molecule has 0 spiro atoms. The third-order valence-corrected chi connectivity index (χ3v) is 16.2. The molecule has 208 valence electrons. The predicted octanol–water partition coefficient (Wildman–Crippen LogP) is 5.16. The monoisotopic (exact) mass is 601 g/mol. The van der Waals surface area contributed by atoms with Crippen LogP contribution in [0.5, 0.6) is 0 Å². The molecule has 0 aliphatic heterocycles. The molecule has 42 heavy (non-hydrogen) atoms. The van der Waals surface area contributed by atoms with Gasteiger partial charge in [0.25, 0.3) is 14.1 Å². The summed E-state index contributed by atoms with van der Waals surface area (Å²) in [4.78, 5) is 0. The summed E-state index contributed by atoms with van der Waals surface area (Å²) in [5.41, 5.74) is 2.63. The van der Waals surface area contributed by atoms with Crippen LogP contribution in [0, 0.1) is 0 Å². The van der Waals surface area contributed by atoms with Crippen molar-refractivity contribution >= 4 is 35.3 Å². The Hall–Kier alpha value is -3.82. The SMILES string of the molecule is [Cl-].c1ccc(CP(=[N+]=P(Cc2ccccc2)(c2ccccc2)c2ccccc2)(c2ccccc2)c2ccccc2)cc1. The fraction of sp³-hybridized carbons (Fsp3) is 0.0526. The lowest BCUT2D eigenvalue weighted by molar-refractivity contribution is -0.00000814. The molecule has 0 bridgehead atoms. The molecule has 0 heterocycles. The molecule has 0 aromatic heterocycles. The molecule has 0 saturated heterocycles. The van der Waals surface area contributed by atoms with E-state index >= 15 is 0 Å². The van der Waals surface area contributed by atoms with Gasteiger partial charge in [-0.2, -0.15) is 4.17 Å². The summed E-state index contributed by atoms with van der Waals surface area (Å²) >= 11 is 0. The zero-order valence-corrected chi connectivity index (χ0v) is 26.0. The molecule has 0 amide bonds. The zero-order valence-electron chi connectivity index (χ0n) is 23.5. The van der Waals surface area contributed by atoms with Gasteiger partial charge in [-0.15, -0.1) is 0 Å². The first-order chi connectivity index (χ1) is 20.3. The van der Waals surface area contributed by atoms with Crippen LogP contribution in [0.1, 0.15) is 11.1 Å². The van der Waals surface area contributed by atoms with Gasteiger partial charge in [-0.25, -0.2) is 0 Å². The minimum absolute atomic E-state index is 0. The van der Waals surface area contributed by atoms with E-state index in [1.54, 1.807) is 0 Å². The fourth-order valence-corrected chi connectivity index (χ4v) is 15.3. The summed E-state index contributed by atoms with van der Waals surface area (Å²) in [6.07, 6.45) is 1.75. The van der Waals surface area contributed by atoms with Gasteiger partial charge in [0.1, 0.15) is 0 Å². The second-order valence-electron chi connectivity index (χ2n) is 10.3. The minimum Gasteiger partial charge on any atom is -1.00 e. The lowest BCUT2D eigenvalue weighted by Crippen LogP contribution is -3.00. The summed E-state index contributed by atoms with van der Waals surface area (Å²) in [6, 6.07) is 66.2. The molecule has 0 N–H and O–H groups in total. The first kappa shape index (κ1) is 29.7. The van der Waals surface area contributed by atoms with E-state index in [4.69, 9.17) is 4.17 Å². The zero-order chi connectivity index (χ0) is 27.8. The third kappa shape index (κ3) is 6.32. The van der Waals surface area contributed by atoms with Crippen molar-refractivity contribution in [3.05, 3.63) is 193 Å². The van der Waals surface area contributed by atoms with Crippen LogP contribution < -0.4 is 37.8 Å². The van der Waals surface area contributed by atoms with Crippen LogP contribution in [-0.2, 0) is 12.3 Å². The van der Waals surface area contributed by atoms with E-state index < -0.39 is 14.1 Å². The maximum atomic E-state index is 6.43. The number of hydrogen-bond donors (Lipinski definition) is 0. The van der Waals surface area contributed by atoms with Crippen molar-refractivity contribution in [2.45, 2.75) is 12.3 Å². The van der Waals surface area contributed by atoms with Crippen molar-refractivity contribution in [2.24, 2.45) is 0 Å². The molecule has 0 radical (unpaired) electrons. The van der Waals surface area contributed by atoms with Gasteiger partial charge in [0.2, 0.25) is 0 Å². The summed E-state index contributed by atoms with van der Waals surface area (Å²) in [5.74, 6) is 0. The van der Waals surface area contributed by atoms with Gasteiger partial charge in [-0.05, 0) is 59.7 Å². The highest BCUT2D eigenvalue weighted by Crippen LogP contribution is 2.54. The maximum absolute atomic E-state index is 6.43. The van der Waals surface area contributed by atoms with Crippen LogP contribution in [0.25, 0.3) is 0 Å². The quantitative estimate of drug-likeness (QED) is 0.169. The Morgan fingerprint density at radius 2 is 0.524 bits per heavy atom. The largest absolute Gasteiger partial charge is 1.00 e. The molecule has 6 rings (SSSR count). The Balaban J connectivity index is 0.00000353. The van der Waals surface area contributed by atoms with Crippen LogP contribution in [0.4, 0.5) is 0 Å². The van der Waals surface area contributed by atoms with Gasteiger partial charge < -0.3 is 12.4 Å². The second-order valence-corrected chi connectivity index (χ2v) is 16.7. The second kappa shape index (κ2) is 13.9. The van der Waals surface area contributed by atoms with E-state index in [0.29, 0.717) is 0 Å². The van der Waals surface area contributed by atoms with Crippen molar-refractivity contribution in [1.29, 1.82) is 0 Å². The molecule has 6 aromatic carbocycles. The molecule has 0 saturated carbocycles. The highest BCUT2D eigenvalue weighted by atomic mass is 35.5. The molecule has 0 aliphatic carbocycles. The summed E-state index contributed by atoms with van der Waals surface area (Å²) in [7, 11) is -4.68. The van der Waals surface area contributed by atoms with E-state index in [0.717, 1.165) is 12.3 Å². The molecule has 0 fully saturated rings. The molecular formula is C38H34ClNP2. The number of rotatable bonds is 8. The molecule has 1 nitrogen and oxygen atoms in total. The predicted molar refractivity (Wildman–Crippen MR) is 181 cm³/mol. The van der Waals surface area contributed by atoms with Gasteiger partial charge in [0.15, 0.2) is 0 Å². The Morgan fingerprint density at radius 3 is 0.762 bits per heavy atom. The Kier molecular flexibility index (Phi) is 9.81. The molecule has 4 heteroatoms. The molecule has 0 aliphatic rings. The lowest BCUT2D eigenvalue weighted by atomic mass is 10.2. The minimum atomic E-state index is -2.34. The Morgan fingerprint density at radius 1 is 0.310 bits per heavy atom. The number of benzene rings is 6. The van der Waals surface area contributed by atoms with Crippen molar-refractivity contribution in [1.82, 2.24) is 4.17 Å². The third-order valence-electron chi connectivity index (χ3n) is 7.55. The fourth-order valence-electron chi connectivity index (χ4n) is 5.59. The average Bonchev–Trinajstić information content (AvgIpc) is 3.06. The normalized spacial score (nSPS) is 11.2. The smallest absolute Gasteiger partial charge is 0.277 e. The number of nitrogens with zero attached hydrogens (tertiary/aromatic N) is 1. The van der Waals surface area contributed by atoms with Gasteiger partial charge >= 0.3 is 0 Å². The van der Waals surface area contributed by atoms with E-state index in [2.05, 4.69) is 182 Å². The highest BCUT2D eigenvalue weighted by Gasteiger charge is 2.42. The van der Waals surface area contributed by atoms with Crippen LogP contribution >= 0.6 is 14.1 Å². The highest BCUT2D eigenvalue weighted by molar-refractivity contribution is 7.86. The van der Waals surface area contributed by atoms with Gasteiger partial charge in [0, 0.05) is 0 Å². The number of hydrogen-bond acceptors (Lipinski definition) is 0. The topological polar surface area (TPSA) is 14.1 Å². The lowest BCUT2D eigenvalue weighted by Gasteiger charge is -2.20. The van der Waals surface area contributed by atoms with E-state index in [9.17, 15) is 0 Å². The van der Waals surface area contributed by atoms with Gasteiger partial charge in [-0.1, -0.05) is 133 Å². The summed E-state index contributed by atoms with van der Waals surface area (Å²) in [5, 5.41) is 5.28.